The molecule has 86 valence electrons. The molecule has 0 radical (unpaired) electrons. The maximum atomic E-state index is 10.5. The lowest BCUT2D eigenvalue weighted by molar-refractivity contribution is 0.112. The van der Waals surface area contributed by atoms with E-state index in [1.54, 1.807) is 0 Å². The van der Waals surface area contributed by atoms with Crippen LogP contribution in [0.3, 0.4) is 0 Å². The summed E-state index contributed by atoms with van der Waals surface area (Å²) in [7, 11) is 0. The first-order valence-electron chi connectivity index (χ1n) is 5.88. The molecule has 2 aromatic carbocycles. The van der Waals surface area contributed by atoms with Gasteiger partial charge < -0.3 is 0 Å². The first-order valence-corrected chi connectivity index (χ1v) is 5.88. The largest absolute Gasteiger partial charge is 0.298 e. The number of aryl methyl sites for hydroxylation is 3. The molecule has 0 atom stereocenters. The van der Waals surface area contributed by atoms with Gasteiger partial charge in [0.15, 0.2) is 0 Å². The Morgan fingerprint density at radius 1 is 0.941 bits per heavy atom. The summed E-state index contributed by atoms with van der Waals surface area (Å²) in [6.45, 7) is 2.14. The Balaban J connectivity index is 2.02. The standard InChI is InChI=1S/C16H16O/c1-13-4-2-3-5-16(13)11-10-14-6-8-15(12-17)9-7-14/h2-9,12H,10-11H2,1H3. The number of aldehydes is 1. The van der Waals surface area contributed by atoms with E-state index >= 15 is 0 Å². The molecule has 1 nitrogen and oxygen atoms in total. The van der Waals surface area contributed by atoms with Crippen LogP contribution in [0.4, 0.5) is 0 Å². The minimum atomic E-state index is 0.740. The Morgan fingerprint density at radius 2 is 1.65 bits per heavy atom. The summed E-state index contributed by atoms with van der Waals surface area (Å²) in [4.78, 5) is 10.5. The number of hydrogen-bond donors (Lipinski definition) is 0. The molecule has 0 saturated carbocycles. The van der Waals surface area contributed by atoms with Gasteiger partial charge in [-0.2, -0.15) is 0 Å². The van der Waals surface area contributed by atoms with Crippen LogP contribution in [0.25, 0.3) is 0 Å². The van der Waals surface area contributed by atoms with Crippen LogP contribution >= 0.6 is 0 Å². The van der Waals surface area contributed by atoms with Crippen molar-refractivity contribution >= 4 is 6.29 Å². The molecule has 0 unspecified atom stereocenters. The molecule has 0 aliphatic heterocycles. The van der Waals surface area contributed by atoms with E-state index in [0.717, 1.165) is 24.7 Å². The van der Waals surface area contributed by atoms with Crippen molar-refractivity contribution < 1.29 is 4.79 Å². The van der Waals surface area contributed by atoms with E-state index in [1.807, 2.05) is 24.3 Å². The third-order valence-corrected chi connectivity index (χ3v) is 3.06. The highest BCUT2D eigenvalue weighted by Gasteiger charge is 1.98. The Kier molecular flexibility index (Phi) is 3.71. The van der Waals surface area contributed by atoms with E-state index in [0.29, 0.717) is 0 Å². The van der Waals surface area contributed by atoms with Gasteiger partial charge in [-0.1, -0.05) is 48.5 Å². The van der Waals surface area contributed by atoms with E-state index in [2.05, 4.69) is 31.2 Å². The second-order valence-corrected chi connectivity index (χ2v) is 4.29. The number of rotatable bonds is 4. The molecule has 0 aliphatic rings. The molecular weight excluding hydrogens is 208 g/mol. The molecular formula is C16H16O. The van der Waals surface area contributed by atoms with Gasteiger partial charge in [0.25, 0.3) is 0 Å². The van der Waals surface area contributed by atoms with Gasteiger partial charge in [0, 0.05) is 5.56 Å². The topological polar surface area (TPSA) is 17.1 Å². The highest BCUT2D eigenvalue weighted by Crippen LogP contribution is 2.11. The fourth-order valence-electron chi connectivity index (χ4n) is 1.93. The van der Waals surface area contributed by atoms with Crippen LogP contribution in [0.5, 0.6) is 0 Å². The summed E-state index contributed by atoms with van der Waals surface area (Å²) >= 11 is 0. The van der Waals surface area contributed by atoms with Crippen molar-refractivity contribution in [3.8, 4) is 0 Å². The van der Waals surface area contributed by atoms with Crippen molar-refractivity contribution in [1.82, 2.24) is 0 Å². The zero-order valence-corrected chi connectivity index (χ0v) is 10.0. The number of carbonyl (C=O) groups excluding carboxylic acids is 1. The Bertz CT molecular complexity index is 497. The van der Waals surface area contributed by atoms with Crippen LogP contribution in [0.2, 0.25) is 0 Å². The summed E-state index contributed by atoms with van der Waals surface area (Å²) in [6, 6.07) is 16.3. The lowest BCUT2D eigenvalue weighted by Gasteiger charge is -2.05. The van der Waals surface area contributed by atoms with Crippen LogP contribution in [-0.4, -0.2) is 6.29 Å². The molecule has 1 heteroatoms. The minimum absolute atomic E-state index is 0.740. The summed E-state index contributed by atoms with van der Waals surface area (Å²) in [5.74, 6) is 0. The molecule has 0 saturated heterocycles. The zero-order valence-electron chi connectivity index (χ0n) is 10.0. The van der Waals surface area contributed by atoms with Gasteiger partial charge in [-0.05, 0) is 36.5 Å². The Labute approximate surface area is 102 Å². The molecule has 17 heavy (non-hydrogen) atoms. The van der Waals surface area contributed by atoms with Crippen LogP contribution in [0.1, 0.15) is 27.0 Å². The predicted molar refractivity (Wildman–Crippen MR) is 70.4 cm³/mol. The number of benzene rings is 2. The van der Waals surface area contributed by atoms with Crippen LogP contribution < -0.4 is 0 Å². The first-order chi connectivity index (χ1) is 8.29. The lowest BCUT2D eigenvalue weighted by atomic mass is 10.0. The average molecular weight is 224 g/mol. The van der Waals surface area contributed by atoms with E-state index in [4.69, 9.17) is 0 Å². The van der Waals surface area contributed by atoms with Crippen LogP contribution in [0, 0.1) is 6.92 Å². The molecule has 2 aromatic rings. The first kappa shape index (κ1) is 11.6. The summed E-state index contributed by atoms with van der Waals surface area (Å²) in [5, 5.41) is 0. The summed E-state index contributed by atoms with van der Waals surface area (Å²) < 4.78 is 0. The van der Waals surface area contributed by atoms with Crippen LogP contribution in [0.15, 0.2) is 48.5 Å². The van der Waals surface area contributed by atoms with Gasteiger partial charge in [-0.25, -0.2) is 0 Å². The van der Waals surface area contributed by atoms with E-state index in [9.17, 15) is 4.79 Å². The highest BCUT2D eigenvalue weighted by atomic mass is 16.1. The van der Waals surface area contributed by atoms with Crippen molar-refractivity contribution in [2.24, 2.45) is 0 Å². The normalized spacial score (nSPS) is 10.2. The maximum absolute atomic E-state index is 10.5. The van der Waals surface area contributed by atoms with E-state index < -0.39 is 0 Å². The summed E-state index contributed by atoms with van der Waals surface area (Å²) in [6.07, 6.45) is 2.95. The van der Waals surface area contributed by atoms with Crippen molar-refractivity contribution in [3.63, 3.8) is 0 Å². The minimum Gasteiger partial charge on any atom is -0.298 e. The smallest absolute Gasteiger partial charge is 0.150 e. The third-order valence-electron chi connectivity index (χ3n) is 3.06. The Hall–Kier alpha value is -1.89. The molecule has 0 amide bonds. The van der Waals surface area contributed by atoms with E-state index in [-0.39, 0.29) is 0 Å². The zero-order chi connectivity index (χ0) is 12.1. The summed E-state index contributed by atoms with van der Waals surface area (Å²) in [5.41, 5.74) is 4.76. The van der Waals surface area contributed by atoms with Crippen LogP contribution in [-0.2, 0) is 12.8 Å². The molecule has 0 bridgehead atoms. The SMILES string of the molecule is Cc1ccccc1CCc1ccc(C=O)cc1. The van der Waals surface area contributed by atoms with Gasteiger partial charge in [0.2, 0.25) is 0 Å². The predicted octanol–water partition coefficient (Wildman–Crippen LogP) is 3.59. The van der Waals surface area contributed by atoms with Gasteiger partial charge >= 0.3 is 0 Å². The second kappa shape index (κ2) is 5.44. The van der Waals surface area contributed by atoms with Gasteiger partial charge in [-0.3, -0.25) is 4.79 Å². The third kappa shape index (κ3) is 3.04. The molecule has 0 N–H and O–H groups in total. The fourth-order valence-corrected chi connectivity index (χ4v) is 1.93. The lowest BCUT2D eigenvalue weighted by Crippen LogP contribution is -1.94. The van der Waals surface area contributed by atoms with E-state index in [1.165, 1.54) is 16.7 Å². The van der Waals surface area contributed by atoms with Crippen molar-refractivity contribution in [2.45, 2.75) is 19.8 Å². The molecule has 0 spiro atoms. The maximum Gasteiger partial charge on any atom is 0.150 e. The van der Waals surface area contributed by atoms with Crippen molar-refractivity contribution in [1.29, 1.82) is 0 Å². The van der Waals surface area contributed by atoms with Gasteiger partial charge in [0.05, 0.1) is 0 Å². The average Bonchev–Trinajstić information content (AvgIpc) is 2.38. The fraction of sp³-hybridized carbons (Fsp3) is 0.188. The Morgan fingerprint density at radius 3 is 2.29 bits per heavy atom. The second-order valence-electron chi connectivity index (χ2n) is 4.29. The number of carbonyl (C=O) groups is 1. The molecule has 0 aliphatic carbocycles. The monoisotopic (exact) mass is 224 g/mol. The quantitative estimate of drug-likeness (QED) is 0.725. The van der Waals surface area contributed by atoms with Gasteiger partial charge in [-0.15, -0.1) is 0 Å². The molecule has 2 rings (SSSR count). The van der Waals surface area contributed by atoms with Crippen molar-refractivity contribution in [3.05, 3.63) is 70.8 Å². The molecule has 0 heterocycles. The number of hydrogen-bond acceptors (Lipinski definition) is 1. The van der Waals surface area contributed by atoms with Gasteiger partial charge in [0.1, 0.15) is 6.29 Å². The molecule has 0 aromatic heterocycles. The van der Waals surface area contributed by atoms with Crippen molar-refractivity contribution in [2.75, 3.05) is 0 Å². The molecule has 0 fully saturated rings. The highest BCUT2D eigenvalue weighted by molar-refractivity contribution is 5.74.